The third kappa shape index (κ3) is 4.07. The molecular formula is C13H11Br3N2O2S. The Morgan fingerprint density at radius 2 is 1.90 bits per heavy atom. The minimum atomic E-state index is -0.291. The van der Waals surface area contributed by atoms with E-state index in [-0.39, 0.29) is 5.91 Å². The summed E-state index contributed by atoms with van der Waals surface area (Å²) in [5, 5.41) is 0. The monoisotopic (exact) mass is 496 g/mol. The van der Waals surface area contributed by atoms with Crippen LogP contribution in [0.15, 0.2) is 31.6 Å². The number of rotatable bonds is 4. The largest absolute Gasteiger partial charge is 0.486 e. The molecule has 0 aliphatic heterocycles. The third-order valence-electron chi connectivity index (χ3n) is 2.71. The summed E-state index contributed by atoms with van der Waals surface area (Å²) in [4.78, 5) is 13.1. The zero-order valence-corrected chi connectivity index (χ0v) is 16.4. The summed E-state index contributed by atoms with van der Waals surface area (Å²) in [5.74, 6) is 5.57. The molecule has 21 heavy (non-hydrogen) atoms. The topological polar surface area (TPSA) is 64.4 Å². The van der Waals surface area contributed by atoms with Crippen LogP contribution in [0.4, 0.5) is 0 Å². The van der Waals surface area contributed by atoms with E-state index in [9.17, 15) is 4.79 Å². The fraction of sp³-hybridized carbons (Fsp3) is 0.154. The SMILES string of the molecule is Cc1sc(C(=O)NN)cc1COc1c(Br)cc(Br)cc1Br. The Bertz CT molecular complexity index is 665. The molecule has 112 valence electrons. The van der Waals surface area contributed by atoms with Crippen molar-refractivity contribution in [3.63, 3.8) is 0 Å². The Morgan fingerprint density at radius 1 is 1.29 bits per heavy atom. The second-order valence-corrected chi connectivity index (χ2v) is 8.03. The van der Waals surface area contributed by atoms with Crippen molar-refractivity contribution in [2.24, 2.45) is 5.84 Å². The first-order valence-electron chi connectivity index (χ1n) is 5.80. The van der Waals surface area contributed by atoms with Crippen LogP contribution in [-0.4, -0.2) is 5.91 Å². The fourth-order valence-corrected chi connectivity index (χ4v) is 5.08. The molecule has 1 aromatic heterocycles. The molecule has 0 fully saturated rings. The van der Waals surface area contributed by atoms with Crippen molar-refractivity contribution in [2.75, 3.05) is 0 Å². The smallest absolute Gasteiger partial charge is 0.275 e. The minimum Gasteiger partial charge on any atom is -0.486 e. The van der Waals surface area contributed by atoms with Gasteiger partial charge in [-0.25, -0.2) is 5.84 Å². The van der Waals surface area contributed by atoms with Gasteiger partial charge in [-0.15, -0.1) is 11.3 Å². The van der Waals surface area contributed by atoms with E-state index in [1.165, 1.54) is 11.3 Å². The van der Waals surface area contributed by atoms with Crippen LogP contribution in [0.25, 0.3) is 0 Å². The van der Waals surface area contributed by atoms with E-state index in [4.69, 9.17) is 10.6 Å². The molecule has 0 unspecified atom stereocenters. The van der Waals surface area contributed by atoms with Crippen molar-refractivity contribution in [1.82, 2.24) is 5.43 Å². The van der Waals surface area contributed by atoms with Crippen LogP contribution in [0.5, 0.6) is 5.75 Å². The van der Waals surface area contributed by atoms with Crippen LogP contribution < -0.4 is 16.0 Å². The van der Waals surface area contributed by atoms with Crippen molar-refractivity contribution in [2.45, 2.75) is 13.5 Å². The van der Waals surface area contributed by atoms with E-state index in [0.717, 1.165) is 23.9 Å². The average molecular weight is 499 g/mol. The van der Waals surface area contributed by atoms with Crippen molar-refractivity contribution >= 4 is 65.0 Å². The lowest BCUT2D eigenvalue weighted by Gasteiger charge is -2.10. The first-order valence-corrected chi connectivity index (χ1v) is 8.99. The second kappa shape index (κ2) is 7.23. The van der Waals surface area contributed by atoms with E-state index in [0.29, 0.717) is 17.2 Å². The van der Waals surface area contributed by atoms with Crippen LogP contribution in [0, 0.1) is 6.92 Å². The number of carbonyl (C=O) groups is 1. The predicted molar refractivity (Wildman–Crippen MR) is 94.6 cm³/mol. The summed E-state index contributed by atoms with van der Waals surface area (Å²) in [5.41, 5.74) is 3.09. The Hall–Kier alpha value is -0.410. The van der Waals surface area contributed by atoms with Gasteiger partial charge in [-0.1, -0.05) is 15.9 Å². The summed E-state index contributed by atoms with van der Waals surface area (Å²) in [7, 11) is 0. The summed E-state index contributed by atoms with van der Waals surface area (Å²) in [6, 6.07) is 5.62. The first-order chi connectivity index (χ1) is 9.92. The quantitative estimate of drug-likeness (QED) is 0.370. The molecule has 2 aromatic rings. The van der Waals surface area contributed by atoms with Crippen molar-refractivity contribution in [3.8, 4) is 5.75 Å². The summed E-state index contributed by atoms with van der Waals surface area (Å²) in [6.07, 6.45) is 0. The molecule has 0 saturated carbocycles. The van der Waals surface area contributed by atoms with Gasteiger partial charge in [0.25, 0.3) is 5.91 Å². The molecule has 4 nitrogen and oxygen atoms in total. The molecule has 0 saturated heterocycles. The number of halogens is 3. The zero-order chi connectivity index (χ0) is 15.6. The third-order valence-corrected chi connectivity index (χ3v) is 5.44. The highest BCUT2D eigenvalue weighted by Crippen LogP contribution is 2.37. The Morgan fingerprint density at radius 3 is 2.48 bits per heavy atom. The normalized spacial score (nSPS) is 10.5. The van der Waals surface area contributed by atoms with Crippen LogP contribution in [0.2, 0.25) is 0 Å². The van der Waals surface area contributed by atoms with Crippen LogP contribution >= 0.6 is 59.1 Å². The highest BCUT2D eigenvalue weighted by atomic mass is 79.9. The Kier molecular flexibility index (Phi) is 5.84. The number of aryl methyl sites for hydroxylation is 1. The van der Waals surface area contributed by atoms with E-state index in [1.807, 2.05) is 19.1 Å². The minimum absolute atomic E-state index is 0.291. The number of nitrogens with one attached hydrogen (secondary N) is 1. The van der Waals surface area contributed by atoms with Crippen molar-refractivity contribution in [3.05, 3.63) is 46.9 Å². The first kappa shape index (κ1) is 17.0. The number of benzene rings is 1. The molecule has 1 heterocycles. The van der Waals surface area contributed by atoms with Crippen LogP contribution in [-0.2, 0) is 6.61 Å². The van der Waals surface area contributed by atoms with E-state index < -0.39 is 0 Å². The van der Waals surface area contributed by atoms with Gasteiger partial charge in [0, 0.05) is 14.9 Å². The van der Waals surface area contributed by atoms with Gasteiger partial charge in [-0.05, 0) is 57.0 Å². The molecular weight excluding hydrogens is 488 g/mol. The molecule has 0 aliphatic carbocycles. The van der Waals surface area contributed by atoms with Gasteiger partial charge in [0.1, 0.15) is 12.4 Å². The molecule has 0 bridgehead atoms. The Labute approximate surface area is 151 Å². The molecule has 1 amide bonds. The lowest BCUT2D eigenvalue weighted by molar-refractivity contribution is 0.0957. The van der Waals surface area contributed by atoms with Gasteiger partial charge >= 0.3 is 0 Å². The molecule has 0 aliphatic rings. The molecule has 0 spiro atoms. The highest BCUT2D eigenvalue weighted by molar-refractivity contribution is 9.11. The number of nitrogen functional groups attached to an aromatic ring is 1. The molecule has 2 rings (SSSR count). The predicted octanol–water partition coefficient (Wildman–Crippen LogP) is 4.53. The van der Waals surface area contributed by atoms with E-state index in [1.54, 1.807) is 6.07 Å². The number of hydrogen-bond donors (Lipinski definition) is 2. The number of nitrogens with two attached hydrogens (primary N) is 1. The second-order valence-electron chi connectivity index (χ2n) is 4.15. The van der Waals surface area contributed by atoms with E-state index in [2.05, 4.69) is 53.2 Å². The summed E-state index contributed by atoms with van der Waals surface area (Å²) < 4.78 is 8.48. The van der Waals surface area contributed by atoms with Crippen LogP contribution in [0.1, 0.15) is 20.1 Å². The van der Waals surface area contributed by atoms with Gasteiger partial charge in [0.05, 0.1) is 13.8 Å². The standard InChI is InChI=1S/C13H11Br3N2O2S/c1-6-7(2-11(21-6)13(19)18-17)5-20-12-9(15)3-8(14)4-10(12)16/h2-4H,5,17H2,1H3,(H,18,19). The lowest BCUT2D eigenvalue weighted by Crippen LogP contribution is -2.29. The fourth-order valence-electron chi connectivity index (χ4n) is 1.66. The molecule has 3 N–H and O–H groups in total. The van der Waals surface area contributed by atoms with Gasteiger partial charge in [-0.3, -0.25) is 10.2 Å². The summed E-state index contributed by atoms with van der Waals surface area (Å²) in [6.45, 7) is 2.32. The Balaban J connectivity index is 2.17. The number of hydrogen-bond acceptors (Lipinski definition) is 4. The van der Waals surface area contributed by atoms with Gasteiger partial charge < -0.3 is 4.74 Å². The number of hydrazine groups is 1. The molecule has 0 atom stereocenters. The maximum atomic E-state index is 11.5. The maximum Gasteiger partial charge on any atom is 0.275 e. The van der Waals surface area contributed by atoms with Gasteiger partial charge in [0.2, 0.25) is 0 Å². The molecule has 1 aromatic carbocycles. The van der Waals surface area contributed by atoms with Crippen molar-refractivity contribution < 1.29 is 9.53 Å². The number of carbonyl (C=O) groups excluding carboxylic acids is 1. The number of thiophene rings is 1. The van der Waals surface area contributed by atoms with E-state index >= 15 is 0 Å². The summed E-state index contributed by atoms with van der Waals surface area (Å²) >= 11 is 11.7. The molecule has 0 radical (unpaired) electrons. The average Bonchev–Trinajstić information content (AvgIpc) is 2.78. The number of amides is 1. The van der Waals surface area contributed by atoms with Crippen LogP contribution in [0.3, 0.4) is 0 Å². The van der Waals surface area contributed by atoms with Gasteiger partial charge in [0.15, 0.2) is 0 Å². The molecule has 8 heteroatoms. The lowest BCUT2D eigenvalue weighted by atomic mass is 10.2. The highest BCUT2D eigenvalue weighted by Gasteiger charge is 2.13. The zero-order valence-electron chi connectivity index (χ0n) is 10.9. The van der Waals surface area contributed by atoms with Gasteiger partial charge in [-0.2, -0.15) is 0 Å². The number of ether oxygens (including phenoxy) is 1. The maximum absolute atomic E-state index is 11.5. The van der Waals surface area contributed by atoms with Crippen molar-refractivity contribution in [1.29, 1.82) is 0 Å².